The zero-order valence-corrected chi connectivity index (χ0v) is 6.90. The zero-order valence-electron chi connectivity index (χ0n) is 6.90. The molecule has 0 fully saturated rings. The highest BCUT2D eigenvalue weighted by Crippen LogP contribution is 2.23. The molecule has 0 saturated heterocycles. The van der Waals surface area contributed by atoms with Crippen molar-refractivity contribution in [1.29, 1.82) is 0 Å². The number of hydrogen-bond donors (Lipinski definition) is 1. The second kappa shape index (κ2) is 2.76. The number of carbonyl (C=O) groups is 2. The second-order valence-corrected chi connectivity index (χ2v) is 2.82. The number of imide groups is 1. The summed E-state index contributed by atoms with van der Waals surface area (Å²) >= 11 is 0. The van der Waals surface area contributed by atoms with Gasteiger partial charge < -0.3 is 5.11 Å². The number of carbonyl (C=O) groups excluding carboxylic acids is 1. The first-order valence-corrected chi connectivity index (χ1v) is 3.78. The van der Waals surface area contributed by atoms with Gasteiger partial charge in [0.15, 0.2) is 0 Å². The van der Waals surface area contributed by atoms with E-state index in [2.05, 4.69) is 4.98 Å². The Bertz CT molecular complexity index is 433. The summed E-state index contributed by atoms with van der Waals surface area (Å²) in [7, 11) is 0. The Hall–Kier alpha value is -1.98. The number of halogens is 1. The molecular weight excluding hydrogens is 191 g/mol. The van der Waals surface area contributed by atoms with E-state index in [1.54, 1.807) is 0 Å². The smallest absolute Gasteiger partial charge is 0.414 e. The Morgan fingerprint density at radius 3 is 2.86 bits per heavy atom. The van der Waals surface area contributed by atoms with Crippen molar-refractivity contribution in [2.24, 2.45) is 0 Å². The van der Waals surface area contributed by atoms with Gasteiger partial charge in [0, 0.05) is 11.8 Å². The lowest BCUT2D eigenvalue weighted by molar-refractivity contribution is 0.0763. The number of rotatable bonds is 0. The summed E-state index contributed by atoms with van der Waals surface area (Å²) in [5.41, 5.74) is 0.111. The van der Waals surface area contributed by atoms with Crippen molar-refractivity contribution < 1.29 is 19.1 Å². The van der Waals surface area contributed by atoms with E-state index in [9.17, 15) is 14.0 Å². The first-order chi connectivity index (χ1) is 6.61. The van der Waals surface area contributed by atoms with Crippen molar-refractivity contribution in [2.45, 2.75) is 6.54 Å². The molecule has 6 heteroatoms. The number of nitrogens with zero attached hydrogens (tertiary/aromatic N) is 2. The van der Waals surface area contributed by atoms with E-state index in [-0.39, 0.29) is 17.7 Å². The Morgan fingerprint density at radius 1 is 1.57 bits per heavy atom. The monoisotopic (exact) mass is 196 g/mol. The van der Waals surface area contributed by atoms with Crippen LogP contribution >= 0.6 is 0 Å². The third-order valence-corrected chi connectivity index (χ3v) is 2.03. The SMILES string of the molecule is O=C(O)N1Cc2c(F)cncc2C1=O. The quantitative estimate of drug-likeness (QED) is 0.667. The van der Waals surface area contributed by atoms with Crippen LogP contribution in [-0.4, -0.2) is 27.0 Å². The Kier molecular flexibility index (Phi) is 1.70. The van der Waals surface area contributed by atoms with Gasteiger partial charge in [0.05, 0.1) is 18.3 Å². The molecule has 0 bridgehead atoms. The third-order valence-electron chi connectivity index (χ3n) is 2.03. The third kappa shape index (κ3) is 1.04. The molecule has 5 nitrogen and oxygen atoms in total. The molecule has 0 radical (unpaired) electrons. The van der Waals surface area contributed by atoms with Crippen LogP contribution in [-0.2, 0) is 6.54 Å². The normalized spacial score (nSPS) is 14.4. The lowest BCUT2D eigenvalue weighted by Crippen LogP contribution is -2.29. The van der Waals surface area contributed by atoms with Crippen LogP contribution in [0.25, 0.3) is 0 Å². The van der Waals surface area contributed by atoms with Gasteiger partial charge in [-0.3, -0.25) is 9.78 Å². The average molecular weight is 196 g/mol. The van der Waals surface area contributed by atoms with E-state index in [1.807, 2.05) is 0 Å². The number of pyridine rings is 1. The first kappa shape index (κ1) is 8.61. The Balaban J connectivity index is 2.50. The molecule has 0 spiro atoms. The molecule has 0 unspecified atom stereocenters. The van der Waals surface area contributed by atoms with E-state index in [0.29, 0.717) is 4.90 Å². The highest BCUT2D eigenvalue weighted by atomic mass is 19.1. The molecule has 2 heterocycles. The molecule has 1 aliphatic heterocycles. The standard InChI is InChI=1S/C8H5FN2O3/c9-6-2-10-1-4-5(6)3-11(7(4)12)8(13)14/h1-2H,3H2,(H,13,14). The average Bonchev–Trinajstić information content (AvgIpc) is 2.46. The van der Waals surface area contributed by atoms with Gasteiger partial charge in [-0.1, -0.05) is 0 Å². The summed E-state index contributed by atoms with van der Waals surface area (Å²) < 4.78 is 13.1. The van der Waals surface area contributed by atoms with Crippen molar-refractivity contribution in [3.8, 4) is 0 Å². The number of aromatic nitrogens is 1. The molecule has 1 aliphatic rings. The van der Waals surface area contributed by atoms with Crippen LogP contribution in [0.2, 0.25) is 0 Å². The van der Waals surface area contributed by atoms with Crippen molar-refractivity contribution in [3.05, 3.63) is 29.3 Å². The number of amides is 2. The van der Waals surface area contributed by atoms with Gasteiger partial charge in [0.1, 0.15) is 5.82 Å². The molecule has 14 heavy (non-hydrogen) atoms. The van der Waals surface area contributed by atoms with Crippen molar-refractivity contribution >= 4 is 12.0 Å². The molecule has 2 rings (SSSR count). The molecular formula is C8H5FN2O3. The summed E-state index contributed by atoms with van der Waals surface area (Å²) in [5.74, 6) is -1.38. The first-order valence-electron chi connectivity index (χ1n) is 3.78. The summed E-state index contributed by atoms with van der Waals surface area (Å²) in [6, 6.07) is 0. The van der Waals surface area contributed by atoms with Gasteiger partial charge >= 0.3 is 6.09 Å². The van der Waals surface area contributed by atoms with E-state index in [0.717, 1.165) is 6.20 Å². The van der Waals surface area contributed by atoms with Gasteiger partial charge in [-0.05, 0) is 0 Å². The molecule has 0 atom stereocenters. The fraction of sp³-hybridized carbons (Fsp3) is 0.125. The lowest BCUT2D eigenvalue weighted by atomic mass is 10.2. The molecule has 1 aromatic rings. The van der Waals surface area contributed by atoms with Crippen LogP contribution in [0.5, 0.6) is 0 Å². The summed E-state index contributed by atoms with van der Waals surface area (Å²) in [6.45, 7) is -0.238. The lowest BCUT2D eigenvalue weighted by Gasteiger charge is -2.06. The fourth-order valence-corrected chi connectivity index (χ4v) is 1.34. The molecule has 0 aromatic carbocycles. The summed E-state index contributed by atoms with van der Waals surface area (Å²) in [4.78, 5) is 25.9. The maximum Gasteiger partial charge on any atom is 0.414 e. The van der Waals surface area contributed by atoms with Crippen LogP contribution in [0.15, 0.2) is 12.4 Å². The molecule has 0 saturated carbocycles. The minimum Gasteiger partial charge on any atom is -0.465 e. The molecule has 2 amide bonds. The van der Waals surface area contributed by atoms with Crippen LogP contribution in [0.3, 0.4) is 0 Å². The highest BCUT2D eigenvalue weighted by Gasteiger charge is 2.34. The summed E-state index contributed by atoms with van der Waals surface area (Å²) in [5, 5.41) is 8.61. The van der Waals surface area contributed by atoms with E-state index in [1.165, 1.54) is 6.20 Å². The highest BCUT2D eigenvalue weighted by molar-refractivity contribution is 6.05. The summed E-state index contributed by atoms with van der Waals surface area (Å²) in [6.07, 6.45) is 0.742. The second-order valence-electron chi connectivity index (χ2n) is 2.82. The molecule has 0 aliphatic carbocycles. The van der Waals surface area contributed by atoms with Gasteiger partial charge in [-0.25, -0.2) is 14.1 Å². The van der Waals surface area contributed by atoms with Crippen LogP contribution < -0.4 is 0 Å². The molecule has 1 aromatic heterocycles. The van der Waals surface area contributed by atoms with E-state index < -0.39 is 17.8 Å². The van der Waals surface area contributed by atoms with Gasteiger partial charge in [0.2, 0.25) is 0 Å². The van der Waals surface area contributed by atoms with E-state index >= 15 is 0 Å². The van der Waals surface area contributed by atoms with Gasteiger partial charge in [0.25, 0.3) is 5.91 Å². The molecule has 72 valence electrons. The van der Waals surface area contributed by atoms with Crippen LogP contribution in [0, 0.1) is 5.82 Å². The van der Waals surface area contributed by atoms with E-state index in [4.69, 9.17) is 5.11 Å². The maximum absolute atomic E-state index is 13.1. The number of hydrogen-bond acceptors (Lipinski definition) is 3. The minimum absolute atomic E-state index is 0.0207. The number of fused-ring (bicyclic) bond motifs is 1. The zero-order chi connectivity index (χ0) is 10.3. The maximum atomic E-state index is 13.1. The predicted molar refractivity (Wildman–Crippen MR) is 42.1 cm³/mol. The van der Waals surface area contributed by atoms with Gasteiger partial charge in [-0.2, -0.15) is 0 Å². The van der Waals surface area contributed by atoms with Gasteiger partial charge in [-0.15, -0.1) is 0 Å². The van der Waals surface area contributed by atoms with Crippen molar-refractivity contribution in [2.75, 3.05) is 0 Å². The Morgan fingerprint density at radius 2 is 2.29 bits per heavy atom. The predicted octanol–water partition coefficient (Wildman–Crippen LogP) is 0.855. The minimum atomic E-state index is -1.38. The van der Waals surface area contributed by atoms with Crippen LogP contribution in [0.4, 0.5) is 9.18 Å². The van der Waals surface area contributed by atoms with Crippen molar-refractivity contribution in [3.63, 3.8) is 0 Å². The largest absolute Gasteiger partial charge is 0.465 e. The van der Waals surface area contributed by atoms with Crippen molar-refractivity contribution in [1.82, 2.24) is 9.88 Å². The number of carboxylic acid groups (broad SMARTS) is 1. The Labute approximate surface area is 77.8 Å². The molecule has 1 N–H and O–H groups in total. The fourth-order valence-electron chi connectivity index (χ4n) is 1.34. The van der Waals surface area contributed by atoms with Crippen LogP contribution in [0.1, 0.15) is 15.9 Å². The topological polar surface area (TPSA) is 70.5 Å².